The molecule has 0 aromatic heterocycles. The smallest absolute Gasteiger partial charge is 0.230 e. The number of rotatable bonds is 6. The summed E-state index contributed by atoms with van der Waals surface area (Å²) < 4.78 is 5.18. The van der Waals surface area contributed by atoms with Crippen molar-refractivity contribution < 1.29 is 14.3 Å². The number of alkyl halides is 1. The summed E-state index contributed by atoms with van der Waals surface area (Å²) >= 11 is 5.82. The Bertz CT molecular complexity index is 554. The van der Waals surface area contributed by atoms with E-state index in [9.17, 15) is 9.59 Å². The molecule has 0 bridgehead atoms. The van der Waals surface area contributed by atoms with Crippen molar-refractivity contribution in [3.8, 4) is 5.75 Å². The van der Waals surface area contributed by atoms with Crippen LogP contribution < -0.4 is 9.64 Å². The Morgan fingerprint density at radius 3 is 2.38 bits per heavy atom. The van der Waals surface area contributed by atoms with Gasteiger partial charge in [-0.1, -0.05) is 0 Å². The Labute approximate surface area is 148 Å². The van der Waals surface area contributed by atoms with Crippen molar-refractivity contribution in [2.75, 3.05) is 37.5 Å². The molecule has 0 atom stereocenters. The van der Waals surface area contributed by atoms with Gasteiger partial charge in [-0.15, -0.1) is 11.6 Å². The molecule has 2 rings (SSSR count). The van der Waals surface area contributed by atoms with Crippen LogP contribution in [0.5, 0.6) is 5.75 Å². The molecule has 0 N–H and O–H groups in total. The minimum absolute atomic E-state index is 0.0435. The van der Waals surface area contributed by atoms with Gasteiger partial charge >= 0.3 is 0 Å². The van der Waals surface area contributed by atoms with Crippen LogP contribution in [0.3, 0.4) is 0 Å². The highest BCUT2D eigenvalue weighted by Crippen LogP contribution is 2.25. The first-order valence-corrected chi connectivity index (χ1v) is 8.87. The van der Waals surface area contributed by atoms with Crippen molar-refractivity contribution in [3.63, 3.8) is 0 Å². The monoisotopic (exact) mass is 352 g/mol. The summed E-state index contributed by atoms with van der Waals surface area (Å²) in [4.78, 5) is 28.0. The fourth-order valence-electron chi connectivity index (χ4n) is 3.01. The fraction of sp³-hybridized carbons (Fsp3) is 0.556. The minimum Gasteiger partial charge on any atom is -0.497 e. The second-order valence-electron chi connectivity index (χ2n) is 6.01. The molecule has 0 unspecified atom stereocenters. The second-order valence-corrected chi connectivity index (χ2v) is 6.39. The molecule has 1 saturated heterocycles. The Morgan fingerprint density at radius 1 is 1.25 bits per heavy atom. The van der Waals surface area contributed by atoms with Gasteiger partial charge in [-0.25, -0.2) is 0 Å². The molecule has 2 amide bonds. The van der Waals surface area contributed by atoms with Crippen LogP contribution in [0, 0.1) is 5.92 Å². The molecule has 0 radical (unpaired) electrons. The van der Waals surface area contributed by atoms with Gasteiger partial charge < -0.3 is 14.5 Å². The molecule has 1 aromatic carbocycles. The first kappa shape index (κ1) is 18.6. The van der Waals surface area contributed by atoms with Crippen molar-refractivity contribution in [3.05, 3.63) is 24.3 Å². The van der Waals surface area contributed by atoms with Gasteiger partial charge in [0.1, 0.15) is 5.75 Å². The topological polar surface area (TPSA) is 49.9 Å². The number of methoxy groups -OCH3 is 1. The number of likely N-dealkylation sites (tertiary alicyclic amines) is 1. The van der Waals surface area contributed by atoms with E-state index in [0.717, 1.165) is 17.9 Å². The number of benzene rings is 1. The molecular formula is C18H25ClN2O3. The van der Waals surface area contributed by atoms with Gasteiger partial charge in [0.25, 0.3) is 0 Å². The molecule has 0 spiro atoms. The van der Waals surface area contributed by atoms with E-state index in [1.807, 2.05) is 29.2 Å². The number of carbonyl (C=O) groups excluding carboxylic acids is 2. The third-order valence-corrected chi connectivity index (χ3v) is 4.72. The van der Waals surface area contributed by atoms with Crippen molar-refractivity contribution in [1.29, 1.82) is 0 Å². The van der Waals surface area contributed by atoms with E-state index >= 15 is 0 Å². The Morgan fingerprint density at radius 2 is 1.88 bits per heavy atom. The maximum absolute atomic E-state index is 13.0. The van der Waals surface area contributed by atoms with Crippen LogP contribution in [0.1, 0.15) is 26.2 Å². The predicted octanol–water partition coefficient (Wildman–Crippen LogP) is 2.92. The zero-order valence-corrected chi connectivity index (χ0v) is 15.1. The Hall–Kier alpha value is -1.75. The summed E-state index contributed by atoms with van der Waals surface area (Å²) in [5.41, 5.74) is 0.861. The van der Waals surface area contributed by atoms with Gasteiger partial charge in [0.15, 0.2) is 0 Å². The number of anilines is 1. The van der Waals surface area contributed by atoms with E-state index in [0.29, 0.717) is 38.4 Å². The quantitative estimate of drug-likeness (QED) is 0.740. The summed E-state index contributed by atoms with van der Waals surface area (Å²) in [5, 5.41) is 0. The fourth-order valence-corrected chi connectivity index (χ4v) is 3.13. The number of halogens is 1. The van der Waals surface area contributed by atoms with Crippen molar-refractivity contribution in [2.45, 2.75) is 26.2 Å². The largest absolute Gasteiger partial charge is 0.497 e. The lowest BCUT2D eigenvalue weighted by atomic mass is 9.95. The van der Waals surface area contributed by atoms with E-state index in [1.54, 1.807) is 18.9 Å². The van der Waals surface area contributed by atoms with Crippen LogP contribution in [0.2, 0.25) is 0 Å². The molecule has 1 aliphatic rings. The second kappa shape index (κ2) is 8.92. The number of carbonyl (C=O) groups is 2. The molecule has 1 fully saturated rings. The van der Waals surface area contributed by atoms with Crippen LogP contribution in [-0.2, 0) is 9.59 Å². The van der Waals surface area contributed by atoms with Crippen LogP contribution in [0.4, 0.5) is 5.69 Å². The van der Waals surface area contributed by atoms with Crippen LogP contribution >= 0.6 is 11.6 Å². The average molecular weight is 353 g/mol. The number of nitrogens with zero attached hydrogens (tertiary/aromatic N) is 2. The summed E-state index contributed by atoms with van der Waals surface area (Å²) in [6.07, 6.45) is 2.17. The van der Waals surface area contributed by atoms with Crippen molar-refractivity contribution in [2.24, 2.45) is 5.92 Å². The number of amides is 2. The van der Waals surface area contributed by atoms with Gasteiger partial charge in [0, 0.05) is 44.0 Å². The number of piperidine rings is 1. The maximum atomic E-state index is 13.0. The van der Waals surface area contributed by atoms with Crippen LogP contribution in [0.25, 0.3) is 0 Å². The summed E-state index contributed by atoms with van der Waals surface area (Å²) in [7, 11) is 1.62. The van der Waals surface area contributed by atoms with Gasteiger partial charge in [-0.05, 0) is 43.5 Å². The number of hydrogen-bond acceptors (Lipinski definition) is 3. The predicted molar refractivity (Wildman–Crippen MR) is 95.7 cm³/mol. The number of ether oxygens (including phenoxy) is 1. The van der Waals surface area contributed by atoms with Gasteiger partial charge in [0.05, 0.1) is 7.11 Å². The van der Waals surface area contributed by atoms with Gasteiger partial charge in [0.2, 0.25) is 11.8 Å². The molecule has 5 nitrogen and oxygen atoms in total. The van der Waals surface area contributed by atoms with Gasteiger partial charge in [-0.2, -0.15) is 0 Å². The van der Waals surface area contributed by atoms with E-state index in [2.05, 4.69) is 0 Å². The molecule has 0 aliphatic carbocycles. The van der Waals surface area contributed by atoms with E-state index in [4.69, 9.17) is 16.3 Å². The zero-order chi connectivity index (χ0) is 17.5. The number of hydrogen-bond donors (Lipinski definition) is 0. The summed E-state index contributed by atoms with van der Waals surface area (Å²) in [5.74, 6) is 1.43. The van der Waals surface area contributed by atoms with Crippen LogP contribution in [0.15, 0.2) is 24.3 Å². The van der Waals surface area contributed by atoms with Crippen molar-refractivity contribution >= 4 is 29.1 Å². The first-order valence-electron chi connectivity index (χ1n) is 8.33. The Balaban J connectivity index is 2.08. The molecule has 1 aromatic rings. The normalized spacial score (nSPS) is 15.2. The highest BCUT2D eigenvalue weighted by atomic mass is 35.5. The molecule has 1 aliphatic heterocycles. The molecular weight excluding hydrogens is 328 g/mol. The minimum atomic E-state index is -0.0435. The molecule has 1 heterocycles. The van der Waals surface area contributed by atoms with E-state index in [-0.39, 0.29) is 17.7 Å². The Kier molecular flexibility index (Phi) is 6.91. The SMILES string of the molecule is COc1ccc(N(CCCCl)C(=O)C2CCN(C(C)=O)CC2)cc1. The highest BCUT2D eigenvalue weighted by molar-refractivity contribution is 6.17. The third kappa shape index (κ3) is 4.63. The summed E-state index contributed by atoms with van der Waals surface area (Å²) in [6, 6.07) is 7.51. The lowest BCUT2D eigenvalue weighted by Crippen LogP contribution is -2.44. The average Bonchev–Trinajstić information content (AvgIpc) is 2.62. The zero-order valence-electron chi connectivity index (χ0n) is 14.3. The van der Waals surface area contributed by atoms with E-state index in [1.165, 1.54) is 0 Å². The van der Waals surface area contributed by atoms with Crippen LogP contribution in [-0.4, -0.2) is 49.3 Å². The molecule has 132 valence electrons. The molecule has 0 saturated carbocycles. The highest BCUT2D eigenvalue weighted by Gasteiger charge is 2.29. The standard InChI is InChI=1S/C18H25ClN2O3/c1-14(22)20-12-8-15(9-13-20)18(23)21(11-3-10-19)16-4-6-17(24-2)7-5-16/h4-7,15H,3,8-13H2,1-2H3. The lowest BCUT2D eigenvalue weighted by Gasteiger charge is -2.34. The van der Waals surface area contributed by atoms with E-state index < -0.39 is 0 Å². The maximum Gasteiger partial charge on any atom is 0.230 e. The van der Waals surface area contributed by atoms with Gasteiger partial charge in [-0.3, -0.25) is 9.59 Å². The summed E-state index contributed by atoms with van der Waals surface area (Å²) in [6.45, 7) is 3.48. The lowest BCUT2D eigenvalue weighted by molar-refractivity contribution is -0.133. The first-order chi connectivity index (χ1) is 11.6. The molecule has 6 heteroatoms. The third-order valence-electron chi connectivity index (χ3n) is 4.46. The van der Waals surface area contributed by atoms with Crippen molar-refractivity contribution in [1.82, 2.24) is 4.90 Å². The molecule has 24 heavy (non-hydrogen) atoms.